The minimum Gasteiger partial charge on any atom is -0.494 e. The Bertz CT molecular complexity index is 975. The van der Waals surface area contributed by atoms with Gasteiger partial charge in [-0.1, -0.05) is 132 Å². The van der Waals surface area contributed by atoms with E-state index in [4.69, 9.17) is 9.47 Å². The van der Waals surface area contributed by atoms with E-state index in [0.29, 0.717) is 0 Å². The topological polar surface area (TPSA) is 18.5 Å². The fraction of sp³-hybridized carbons (Fsp3) is 0.471. The van der Waals surface area contributed by atoms with E-state index in [0.717, 1.165) is 18.8 Å². The molecule has 2 nitrogen and oxygen atoms in total. The molecule has 0 bridgehead atoms. The summed E-state index contributed by atoms with van der Waals surface area (Å²) >= 11 is 0. The van der Waals surface area contributed by atoms with Crippen LogP contribution in [0, 0.1) is 0 Å². The molecule has 0 N–H and O–H groups in total. The fourth-order valence-corrected chi connectivity index (χ4v) is 4.74. The third-order valence-corrected chi connectivity index (χ3v) is 7.15. The number of unbranched alkanes of at least 4 members (excludes halogenated alkanes) is 10. The molecule has 0 saturated carbocycles. The van der Waals surface area contributed by atoms with Crippen molar-refractivity contribution in [2.24, 2.45) is 0 Å². The molecule has 0 radical (unpaired) electrons. The molecule has 0 spiro atoms. The highest BCUT2D eigenvalue weighted by molar-refractivity contribution is 5.83. The predicted octanol–water partition coefficient (Wildman–Crippen LogP) is 10.4. The van der Waals surface area contributed by atoms with Crippen LogP contribution in [-0.4, -0.2) is 13.7 Å². The maximum Gasteiger partial charge on any atom is 0.119 e. The van der Waals surface area contributed by atoms with Crippen LogP contribution in [0.25, 0.3) is 22.3 Å². The molecule has 194 valence electrons. The van der Waals surface area contributed by atoms with Crippen LogP contribution in [0.4, 0.5) is 0 Å². The molecular formula is C34H46O2. The van der Waals surface area contributed by atoms with Gasteiger partial charge in [0.25, 0.3) is 0 Å². The van der Waals surface area contributed by atoms with Gasteiger partial charge in [-0.25, -0.2) is 0 Å². The minimum atomic E-state index is 0.104. The van der Waals surface area contributed by atoms with Gasteiger partial charge < -0.3 is 9.47 Å². The summed E-state index contributed by atoms with van der Waals surface area (Å²) in [6.07, 6.45) is 15.0. The molecule has 3 rings (SSSR count). The third-order valence-electron chi connectivity index (χ3n) is 7.15. The first-order chi connectivity index (χ1) is 17.7. The van der Waals surface area contributed by atoms with Gasteiger partial charge in [0, 0.05) is 7.11 Å². The molecule has 1 atom stereocenters. The molecule has 0 heterocycles. The van der Waals surface area contributed by atoms with Crippen LogP contribution < -0.4 is 4.74 Å². The maximum atomic E-state index is 6.03. The van der Waals surface area contributed by atoms with Crippen molar-refractivity contribution < 1.29 is 9.47 Å². The molecular weight excluding hydrogens is 440 g/mol. The van der Waals surface area contributed by atoms with Crippen molar-refractivity contribution in [1.29, 1.82) is 0 Å². The Kier molecular flexibility index (Phi) is 12.6. The van der Waals surface area contributed by atoms with Gasteiger partial charge in [-0.15, -0.1) is 0 Å². The number of methoxy groups -OCH3 is 1. The van der Waals surface area contributed by atoms with E-state index in [1.54, 1.807) is 7.11 Å². The first kappa shape index (κ1) is 28.0. The molecule has 1 unspecified atom stereocenters. The number of hydrogen-bond donors (Lipinski definition) is 0. The monoisotopic (exact) mass is 486 g/mol. The normalized spacial score (nSPS) is 12.0. The highest BCUT2D eigenvalue weighted by Crippen LogP contribution is 2.33. The Morgan fingerprint density at radius 1 is 0.583 bits per heavy atom. The van der Waals surface area contributed by atoms with Crippen molar-refractivity contribution in [3.8, 4) is 28.0 Å². The zero-order valence-corrected chi connectivity index (χ0v) is 22.8. The lowest BCUT2D eigenvalue weighted by molar-refractivity contribution is 0.119. The molecule has 0 saturated heterocycles. The molecule has 0 amide bonds. The quantitative estimate of drug-likeness (QED) is 0.177. The summed E-state index contributed by atoms with van der Waals surface area (Å²) in [5.41, 5.74) is 6.10. The largest absolute Gasteiger partial charge is 0.494 e. The first-order valence-electron chi connectivity index (χ1n) is 14.2. The van der Waals surface area contributed by atoms with Gasteiger partial charge in [-0.2, -0.15) is 0 Å². The van der Waals surface area contributed by atoms with Crippen LogP contribution in [0.1, 0.15) is 96.1 Å². The molecule has 0 aromatic heterocycles. The van der Waals surface area contributed by atoms with Crippen LogP contribution in [0.15, 0.2) is 72.8 Å². The zero-order valence-electron chi connectivity index (χ0n) is 22.8. The molecule has 3 aromatic rings. The highest BCUT2D eigenvalue weighted by atomic mass is 16.5. The van der Waals surface area contributed by atoms with Crippen LogP contribution >= 0.6 is 0 Å². The van der Waals surface area contributed by atoms with E-state index in [9.17, 15) is 0 Å². The zero-order chi connectivity index (χ0) is 25.4. The molecule has 0 fully saturated rings. The maximum absolute atomic E-state index is 6.03. The minimum absolute atomic E-state index is 0.104. The van der Waals surface area contributed by atoms with E-state index >= 15 is 0 Å². The predicted molar refractivity (Wildman–Crippen MR) is 155 cm³/mol. The van der Waals surface area contributed by atoms with E-state index in [-0.39, 0.29) is 6.10 Å². The van der Waals surface area contributed by atoms with Gasteiger partial charge in [-0.3, -0.25) is 0 Å². The van der Waals surface area contributed by atoms with Crippen molar-refractivity contribution >= 4 is 0 Å². The molecule has 2 heteroatoms. The second kappa shape index (κ2) is 16.2. The molecule has 0 aliphatic rings. The van der Waals surface area contributed by atoms with Crippen molar-refractivity contribution in [3.05, 3.63) is 78.4 Å². The third kappa shape index (κ3) is 9.13. The van der Waals surface area contributed by atoms with Gasteiger partial charge in [0.2, 0.25) is 0 Å². The lowest BCUT2D eigenvalue weighted by atomic mass is 9.94. The lowest BCUT2D eigenvalue weighted by Gasteiger charge is -2.13. The van der Waals surface area contributed by atoms with E-state index < -0.39 is 0 Å². The van der Waals surface area contributed by atoms with Gasteiger partial charge in [-0.05, 0) is 53.3 Å². The van der Waals surface area contributed by atoms with Gasteiger partial charge in [0.1, 0.15) is 5.75 Å². The van der Waals surface area contributed by atoms with Crippen LogP contribution in [0.5, 0.6) is 5.75 Å². The highest BCUT2D eigenvalue weighted by Gasteiger charge is 2.09. The summed E-state index contributed by atoms with van der Waals surface area (Å²) in [5.74, 6) is 0.959. The van der Waals surface area contributed by atoms with Crippen LogP contribution in [0.3, 0.4) is 0 Å². The fourth-order valence-electron chi connectivity index (χ4n) is 4.74. The Balaban J connectivity index is 1.43. The average molecular weight is 487 g/mol. The number of benzene rings is 3. The summed E-state index contributed by atoms with van der Waals surface area (Å²) < 4.78 is 11.5. The van der Waals surface area contributed by atoms with Gasteiger partial charge in [0.05, 0.1) is 12.7 Å². The molecule has 0 aliphatic carbocycles. The smallest absolute Gasteiger partial charge is 0.119 e. The Hall–Kier alpha value is -2.58. The Morgan fingerprint density at radius 2 is 1.06 bits per heavy atom. The first-order valence-corrected chi connectivity index (χ1v) is 14.2. The second-order valence-corrected chi connectivity index (χ2v) is 9.95. The summed E-state index contributed by atoms with van der Waals surface area (Å²) in [5, 5.41) is 0. The summed E-state index contributed by atoms with van der Waals surface area (Å²) in [6, 6.07) is 25.9. The molecule has 3 aromatic carbocycles. The molecule has 36 heavy (non-hydrogen) atoms. The summed E-state index contributed by atoms with van der Waals surface area (Å²) in [4.78, 5) is 0. The average Bonchev–Trinajstić information content (AvgIpc) is 2.93. The summed E-state index contributed by atoms with van der Waals surface area (Å²) in [7, 11) is 1.75. The van der Waals surface area contributed by atoms with Gasteiger partial charge >= 0.3 is 0 Å². The van der Waals surface area contributed by atoms with Crippen LogP contribution in [-0.2, 0) is 4.74 Å². The Morgan fingerprint density at radius 3 is 1.56 bits per heavy atom. The number of rotatable bonds is 17. The van der Waals surface area contributed by atoms with E-state index in [1.165, 1.54) is 92.0 Å². The Labute approximate surface area is 220 Å². The van der Waals surface area contributed by atoms with Crippen molar-refractivity contribution in [3.63, 3.8) is 0 Å². The van der Waals surface area contributed by atoms with Crippen molar-refractivity contribution in [2.45, 2.75) is 90.6 Å². The number of hydrogen-bond acceptors (Lipinski definition) is 2. The van der Waals surface area contributed by atoms with Gasteiger partial charge in [0.15, 0.2) is 0 Å². The van der Waals surface area contributed by atoms with Crippen molar-refractivity contribution in [1.82, 2.24) is 0 Å². The molecule has 0 aliphatic heterocycles. The van der Waals surface area contributed by atoms with E-state index in [2.05, 4.69) is 86.6 Å². The standard InChI is InChI=1S/C34H46O2/c1-4-5-6-7-8-9-10-11-12-13-16-27-36-32-25-23-31(24-26-32)34-18-15-14-17-33(34)30-21-19-29(20-22-30)28(2)35-3/h14-15,17-26,28H,4-13,16,27H2,1-3H3. The van der Waals surface area contributed by atoms with E-state index in [1.807, 2.05) is 0 Å². The number of ether oxygens (including phenoxy) is 2. The lowest BCUT2D eigenvalue weighted by Crippen LogP contribution is -1.97. The second-order valence-electron chi connectivity index (χ2n) is 9.95. The summed E-state index contributed by atoms with van der Waals surface area (Å²) in [6.45, 7) is 5.16. The van der Waals surface area contributed by atoms with Crippen molar-refractivity contribution in [2.75, 3.05) is 13.7 Å². The SMILES string of the molecule is CCCCCCCCCCCCCOc1ccc(-c2ccccc2-c2ccc(C(C)OC)cc2)cc1. The van der Waals surface area contributed by atoms with Crippen LogP contribution in [0.2, 0.25) is 0 Å².